The number of halogens is 1. The van der Waals surface area contributed by atoms with Gasteiger partial charge in [0.05, 0.1) is 17.7 Å². The van der Waals surface area contributed by atoms with Crippen LogP contribution in [0, 0.1) is 6.92 Å². The Morgan fingerprint density at radius 2 is 2.00 bits per heavy atom. The SMILES string of the molecule is COc1cc(S(=O)(=O)Nc2nc(C)cc(Cl)n2)ccc1N. The number of aryl methyl sites for hydroxylation is 1. The molecule has 3 N–H and O–H groups in total. The lowest BCUT2D eigenvalue weighted by molar-refractivity contribution is 0.415. The van der Waals surface area contributed by atoms with Gasteiger partial charge in [-0.05, 0) is 25.1 Å². The van der Waals surface area contributed by atoms with Gasteiger partial charge in [-0.15, -0.1) is 0 Å². The first-order valence-corrected chi connectivity index (χ1v) is 7.65. The Balaban J connectivity index is 2.38. The number of nitrogen functional groups attached to an aromatic ring is 1. The van der Waals surface area contributed by atoms with Gasteiger partial charge in [-0.25, -0.2) is 23.1 Å². The van der Waals surface area contributed by atoms with Crippen molar-refractivity contribution in [2.45, 2.75) is 11.8 Å². The van der Waals surface area contributed by atoms with Gasteiger partial charge in [-0.2, -0.15) is 0 Å². The fourth-order valence-electron chi connectivity index (χ4n) is 1.61. The van der Waals surface area contributed by atoms with Crippen LogP contribution in [0.1, 0.15) is 5.69 Å². The molecule has 0 saturated carbocycles. The minimum atomic E-state index is -3.87. The maximum absolute atomic E-state index is 12.3. The van der Waals surface area contributed by atoms with E-state index in [0.29, 0.717) is 11.4 Å². The van der Waals surface area contributed by atoms with E-state index < -0.39 is 10.0 Å². The van der Waals surface area contributed by atoms with E-state index in [0.717, 1.165) is 0 Å². The highest BCUT2D eigenvalue weighted by molar-refractivity contribution is 7.92. The quantitative estimate of drug-likeness (QED) is 0.655. The Labute approximate surface area is 127 Å². The van der Waals surface area contributed by atoms with Crippen molar-refractivity contribution in [3.8, 4) is 5.75 Å². The summed E-state index contributed by atoms with van der Waals surface area (Å²) in [7, 11) is -2.46. The van der Waals surface area contributed by atoms with Crippen LogP contribution < -0.4 is 15.2 Å². The largest absolute Gasteiger partial charge is 0.495 e. The molecule has 0 aliphatic rings. The number of methoxy groups -OCH3 is 1. The lowest BCUT2D eigenvalue weighted by atomic mass is 10.3. The standard InChI is InChI=1S/C12H13ClN4O3S/c1-7-5-11(13)16-12(15-7)17-21(18,19)8-3-4-9(14)10(6-8)20-2/h3-6H,14H2,1-2H3,(H,15,16,17). The molecule has 0 spiro atoms. The summed E-state index contributed by atoms with van der Waals surface area (Å²) in [6.45, 7) is 1.68. The molecule has 0 unspecified atom stereocenters. The highest BCUT2D eigenvalue weighted by atomic mass is 35.5. The van der Waals surface area contributed by atoms with E-state index in [4.69, 9.17) is 22.1 Å². The van der Waals surface area contributed by atoms with Crippen LogP contribution in [-0.4, -0.2) is 25.5 Å². The van der Waals surface area contributed by atoms with Crippen molar-refractivity contribution < 1.29 is 13.2 Å². The number of benzene rings is 1. The zero-order valence-corrected chi connectivity index (χ0v) is 12.9. The normalized spacial score (nSPS) is 11.2. The van der Waals surface area contributed by atoms with E-state index in [1.165, 1.54) is 31.4 Å². The Morgan fingerprint density at radius 3 is 2.62 bits per heavy atom. The summed E-state index contributed by atoms with van der Waals surface area (Å²) in [4.78, 5) is 7.76. The van der Waals surface area contributed by atoms with Crippen molar-refractivity contribution in [1.29, 1.82) is 0 Å². The average Bonchev–Trinajstić information content (AvgIpc) is 2.37. The molecule has 0 aliphatic heterocycles. The lowest BCUT2D eigenvalue weighted by Gasteiger charge is -2.10. The molecular weight excluding hydrogens is 316 g/mol. The van der Waals surface area contributed by atoms with Crippen LogP contribution >= 0.6 is 11.6 Å². The van der Waals surface area contributed by atoms with Gasteiger partial charge in [-0.1, -0.05) is 11.6 Å². The number of hydrogen-bond donors (Lipinski definition) is 2. The molecule has 0 aliphatic carbocycles. The Hall–Kier alpha value is -2.06. The summed E-state index contributed by atoms with van der Waals surface area (Å²) in [5.74, 6) is 0.164. The number of nitrogens with one attached hydrogen (secondary N) is 1. The number of sulfonamides is 1. The number of nitrogens with zero attached hydrogens (tertiary/aromatic N) is 2. The zero-order valence-electron chi connectivity index (χ0n) is 11.3. The number of rotatable bonds is 4. The number of hydrogen-bond acceptors (Lipinski definition) is 6. The van der Waals surface area contributed by atoms with Gasteiger partial charge in [0.1, 0.15) is 10.9 Å². The first-order chi connectivity index (χ1) is 9.81. The van der Waals surface area contributed by atoms with Gasteiger partial charge in [0.2, 0.25) is 5.95 Å². The molecule has 0 saturated heterocycles. The molecule has 0 radical (unpaired) electrons. The third-order valence-corrected chi connectivity index (χ3v) is 4.08. The maximum Gasteiger partial charge on any atom is 0.264 e. The monoisotopic (exact) mass is 328 g/mol. The molecular formula is C12H13ClN4O3S. The van der Waals surface area contributed by atoms with Crippen LogP contribution in [0.4, 0.5) is 11.6 Å². The Morgan fingerprint density at radius 1 is 1.29 bits per heavy atom. The van der Waals surface area contributed by atoms with Crippen LogP contribution in [-0.2, 0) is 10.0 Å². The van der Waals surface area contributed by atoms with Crippen molar-refractivity contribution in [2.24, 2.45) is 0 Å². The van der Waals surface area contributed by atoms with Crippen molar-refractivity contribution in [2.75, 3.05) is 17.6 Å². The fourth-order valence-corrected chi connectivity index (χ4v) is 2.81. The lowest BCUT2D eigenvalue weighted by Crippen LogP contribution is -2.15. The summed E-state index contributed by atoms with van der Waals surface area (Å²) >= 11 is 5.77. The first-order valence-electron chi connectivity index (χ1n) is 5.79. The van der Waals surface area contributed by atoms with Crippen molar-refractivity contribution >= 4 is 33.3 Å². The van der Waals surface area contributed by atoms with E-state index in [1.807, 2.05) is 0 Å². The molecule has 112 valence electrons. The van der Waals surface area contributed by atoms with Crippen LogP contribution in [0.25, 0.3) is 0 Å². The van der Waals surface area contributed by atoms with Crippen molar-refractivity contribution in [1.82, 2.24) is 9.97 Å². The van der Waals surface area contributed by atoms with Crippen molar-refractivity contribution in [3.05, 3.63) is 35.1 Å². The summed E-state index contributed by atoms with van der Waals surface area (Å²) in [5.41, 5.74) is 6.54. The maximum atomic E-state index is 12.3. The molecule has 1 aromatic carbocycles. The summed E-state index contributed by atoms with van der Waals surface area (Å²) in [6, 6.07) is 5.63. The van der Waals surface area contributed by atoms with E-state index in [2.05, 4.69) is 14.7 Å². The summed E-state index contributed by atoms with van der Waals surface area (Å²) in [5, 5.41) is 0.148. The van der Waals surface area contributed by atoms with E-state index in [1.54, 1.807) is 6.92 Å². The number of anilines is 2. The molecule has 2 aromatic rings. The molecule has 21 heavy (non-hydrogen) atoms. The van der Waals surface area contributed by atoms with Gasteiger partial charge < -0.3 is 10.5 Å². The van der Waals surface area contributed by atoms with Gasteiger partial charge in [0.25, 0.3) is 10.0 Å². The molecule has 1 aromatic heterocycles. The predicted molar refractivity (Wildman–Crippen MR) is 80.0 cm³/mol. The second-order valence-corrected chi connectivity index (χ2v) is 6.23. The average molecular weight is 329 g/mol. The van der Waals surface area contributed by atoms with Crippen LogP contribution in [0.3, 0.4) is 0 Å². The van der Waals surface area contributed by atoms with Gasteiger partial charge in [0.15, 0.2) is 0 Å². The summed E-state index contributed by atoms with van der Waals surface area (Å²) < 4.78 is 31.8. The van der Waals surface area contributed by atoms with Crippen LogP contribution in [0.2, 0.25) is 5.15 Å². The topological polar surface area (TPSA) is 107 Å². The minimum absolute atomic E-state index is 0.0187. The third kappa shape index (κ3) is 3.53. The third-order valence-electron chi connectivity index (χ3n) is 2.56. The first kappa shape index (κ1) is 15.3. The zero-order chi connectivity index (χ0) is 15.6. The minimum Gasteiger partial charge on any atom is -0.495 e. The molecule has 0 fully saturated rings. The molecule has 9 heteroatoms. The number of aromatic nitrogens is 2. The molecule has 7 nitrogen and oxygen atoms in total. The van der Waals surface area contributed by atoms with E-state index in [-0.39, 0.29) is 21.7 Å². The van der Waals surface area contributed by atoms with Crippen molar-refractivity contribution in [3.63, 3.8) is 0 Å². The Bertz CT molecular complexity index is 760. The molecule has 2 rings (SSSR count). The highest BCUT2D eigenvalue weighted by Gasteiger charge is 2.18. The molecule has 0 amide bonds. The summed E-state index contributed by atoms with van der Waals surface area (Å²) in [6.07, 6.45) is 0. The molecule has 0 atom stereocenters. The van der Waals surface area contributed by atoms with Crippen LogP contribution in [0.5, 0.6) is 5.75 Å². The molecule has 0 bridgehead atoms. The second kappa shape index (κ2) is 5.74. The Kier molecular flexibility index (Phi) is 4.19. The van der Waals surface area contributed by atoms with E-state index in [9.17, 15) is 8.42 Å². The number of ether oxygens (including phenoxy) is 1. The number of nitrogens with two attached hydrogens (primary N) is 1. The smallest absolute Gasteiger partial charge is 0.264 e. The van der Waals surface area contributed by atoms with Crippen LogP contribution in [0.15, 0.2) is 29.2 Å². The van der Waals surface area contributed by atoms with E-state index >= 15 is 0 Å². The molecule has 1 heterocycles. The predicted octanol–water partition coefficient (Wildman–Crippen LogP) is 1.83. The van der Waals surface area contributed by atoms with Gasteiger partial charge >= 0.3 is 0 Å². The van der Waals surface area contributed by atoms with Gasteiger partial charge in [-0.3, -0.25) is 0 Å². The second-order valence-electron chi connectivity index (χ2n) is 4.16. The fraction of sp³-hybridized carbons (Fsp3) is 0.167. The van der Waals surface area contributed by atoms with Gasteiger partial charge in [0, 0.05) is 11.8 Å². The highest BCUT2D eigenvalue weighted by Crippen LogP contribution is 2.25.